The van der Waals surface area contributed by atoms with Crippen molar-refractivity contribution in [2.24, 2.45) is 0 Å². The smallest absolute Gasteiger partial charge is 0 e. The molecule has 3 heterocycles. The Kier molecular flexibility index (Phi) is 9.39. The van der Waals surface area contributed by atoms with Gasteiger partial charge < -0.3 is 4.98 Å². The van der Waals surface area contributed by atoms with Crippen LogP contribution in [0.4, 0.5) is 4.39 Å². The predicted molar refractivity (Wildman–Crippen MR) is 184 cm³/mol. The zero-order chi connectivity index (χ0) is 31.1. The Bertz CT molecular complexity index is 2100. The summed E-state index contributed by atoms with van der Waals surface area (Å²) in [5.41, 5.74) is 4.77. The quantitative estimate of drug-likeness (QED) is 0.130. The molecule has 0 fully saturated rings. The van der Waals surface area contributed by atoms with E-state index in [1.54, 1.807) is 23.6 Å². The third-order valence-corrected chi connectivity index (χ3v) is 13.0. The molecule has 7 rings (SSSR count). The number of halogens is 1. The molecule has 2 nitrogen and oxygen atoms in total. The van der Waals surface area contributed by atoms with Gasteiger partial charge in [-0.2, -0.15) is 11.3 Å². The summed E-state index contributed by atoms with van der Waals surface area (Å²) < 4.78 is 25.6. The molecule has 1 radical (unpaired) electrons. The van der Waals surface area contributed by atoms with Crippen molar-refractivity contribution in [1.82, 2.24) is 9.97 Å². The Hall–Kier alpha value is -3.22. The largest absolute Gasteiger partial charge is 0 e. The van der Waals surface area contributed by atoms with E-state index in [0.717, 1.165) is 59.0 Å². The molecule has 0 aliphatic heterocycles. The predicted octanol–water partition coefficient (Wildman–Crippen LogP) is 10.4. The number of thiophene rings is 1. The summed E-state index contributed by atoms with van der Waals surface area (Å²) >= 11 is -0.0393. The van der Waals surface area contributed by atoms with E-state index in [4.69, 9.17) is 1.37 Å². The number of pyridine rings is 2. The second-order valence-corrected chi connectivity index (χ2v) is 23.6. The molecule has 0 aliphatic rings. The van der Waals surface area contributed by atoms with Crippen LogP contribution in [-0.2, 0) is 20.1 Å². The Morgan fingerprint density at radius 2 is 1.66 bits per heavy atom. The second-order valence-electron chi connectivity index (χ2n) is 11.9. The molecule has 44 heavy (non-hydrogen) atoms. The van der Waals surface area contributed by atoms with Crippen molar-refractivity contribution in [3.8, 4) is 22.5 Å². The van der Waals surface area contributed by atoms with Crippen molar-refractivity contribution in [2.75, 3.05) is 0 Å². The van der Waals surface area contributed by atoms with Gasteiger partial charge in [-0.3, -0.25) is 0 Å². The Balaban J connectivity index is 0.000000202. The van der Waals surface area contributed by atoms with Crippen LogP contribution in [0.25, 0.3) is 53.5 Å². The maximum absolute atomic E-state index is 13.6. The summed E-state index contributed by atoms with van der Waals surface area (Å²) in [6, 6.07) is 35.8. The number of fused-ring (bicyclic) bond motifs is 4. The number of rotatable bonds is 4. The number of aromatic nitrogens is 2. The van der Waals surface area contributed by atoms with Gasteiger partial charge in [-0.1, -0.05) is 36.9 Å². The first-order chi connectivity index (χ1) is 21.0. The molecule has 0 aliphatic carbocycles. The van der Waals surface area contributed by atoms with Gasteiger partial charge in [0.1, 0.15) is 5.82 Å². The van der Waals surface area contributed by atoms with Gasteiger partial charge in [-0.25, -0.2) is 4.39 Å². The summed E-state index contributed by atoms with van der Waals surface area (Å²) in [5.74, 6) is 6.23. The van der Waals surface area contributed by atoms with E-state index < -0.39 is 19.2 Å². The van der Waals surface area contributed by atoms with E-state index >= 15 is 0 Å². The Morgan fingerprint density at radius 3 is 2.36 bits per heavy atom. The minimum Gasteiger partial charge on any atom is 0 e. The van der Waals surface area contributed by atoms with Crippen LogP contribution in [0.3, 0.4) is 0 Å². The SMILES string of the molecule is [2H]C(C)(C)c1ccnc(-c2[c-]ccc3c2sc2cc4cc(F)ccc4cc23)c1.[CH3][Ge]([CH3])([CH3])[c]1ccc(-c2[c-]cccc2)nc1.[Ir]. The molecular formula is C38H33FGeIrN2S-2. The molecule has 3 aromatic heterocycles. The van der Waals surface area contributed by atoms with Crippen LogP contribution in [0, 0.1) is 17.9 Å². The van der Waals surface area contributed by atoms with Crippen molar-refractivity contribution < 1.29 is 25.9 Å². The van der Waals surface area contributed by atoms with Gasteiger partial charge in [-0.05, 0) is 62.8 Å². The van der Waals surface area contributed by atoms with Crippen molar-refractivity contribution in [2.45, 2.75) is 37.0 Å². The Labute approximate surface area is 280 Å². The summed E-state index contributed by atoms with van der Waals surface area (Å²) in [6.45, 7) is 3.75. The fourth-order valence-electron chi connectivity index (χ4n) is 5.07. The van der Waals surface area contributed by atoms with E-state index in [2.05, 4.69) is 69.7 Å². The minimum absolute atomic E-state index is 0. The second kappa shape index (κ2) is 13.4. The molecule has 0 bridgehead atoms. The van der Waals surface area contributed by atoms with Crippen LogP contribution in [0.2, 0.25) is 17.3 Å². The average Bonchev–Trinajstić information content (AvgIpc) is 3.37. The molecular weight excluding hydrogens is 800 g/mol. The van der Waals surface area contributed by atoms with Crippen molar-refractivity contribution in [3.63, 3.8) is 0 Å². The molecule has 0 amide bonds. The van der Waals surface area contributed by atoms with Crippen molar-refractivity contribution >= 4 is 59.9 Å². The van der Waals surface area contributed by atoms with Crippen LogP contribution in [-0.4, -0.2) is 23.2 Å². The van der Waals surface area contributed by atoms with Crippen molar-refractivity contribution in [3.05, 3.63) is 127 Å². The molecule has 6 heteroatoms. The standard InChI is InChI=1S/C24H17FNS.C14H16GeN.Ir/c1-14(2)15-8-9-26-22(12-15)20-5-3-4-19-21-11-16-6-7-18(25)10-17(16)13-23(21)27-24(19)20;1-15(2,3)13-9-10-14(16-11-13)12-7-5-4-6-8-12;/h3-4,6-14H,1-2H3;4-7,9-11H,1-3H3;/q2*-1;/i14D;;. The van der Waals surface area contributed by atoms with Gasteiger partial charge in [0.25, 0.3) is 0 Å². The summed E-state index contributed by atoms with van der Waals surface area (Å²) in [5, 5.41) is 4.24. The van der Waals surface area contributed by atoms with Gasteiger partial charge in [0.15, 0.2) is 0 Å². The molecule has 0 saturated heterocycles. The molecule has 0 spiro atoms. The average molecular weight is 835 g/mol. The van der Waals surface area contributed by atoms with Gasteiger partial charge in [0.2, 0.25) is 0 Å². The normalized spacial score (nSPS) is 12.0. The fraction of sp³-hybridized carbons (Fsp3) is 0.158. The molecule has 7 aromatic rings. The van der Waals surface area contributed by atoms with Gasteiger partial charge in [-0.15, -0.1) is 23.8 Å². The zero-order valence-corrected chi connectivity index (χ0v) is 30.6. The molecule has 0 unspecified atom stereocenters. The third-order valence-electron chi connectivity index (χ3n) is 7.56. The third kappa shape index (κ3) is 6.87. The van der Waals surface area contributed by atoms with E-state index in [-0.39, 0.29) is 25.9 Å². The first-order valence-electron chi connectivity index (χ1n) is 14.8. The molecule has 223 valence electrons. The van der Waals surface area contributed by atoms with Gasteiger partial charge >= 0.3 is 99.8 Å². The van der Waals surface area contributed by atoms with E-state index in [9.17, 15) is 4.39 Å². The summed E-state index contributed by atoms with van der Waals surface area (Å²) in [7, 11) is 0. The number of benzene rings is 4. The van der Waals surface area contributed by atoms with E-state index in [1.165, 1.54) is 10.5 Å². The molecule has 0 saturated carbocycles. The van der Waals surface area contributed by atoms with Crippen LogP contribution in [0.1, 0.15) is 26.7 Å². The first-order valence-corrected chi connectivity index (χ1v) is 22.5. The molecule has 4 aromatic carbocycles. The summed E-state index contributed by atoms with van der Waals surface area (Å²) in [4.78, 5) is 9.08. The minimum atomic E-state index is -1.72. The Morgan fingerprint density at radius 1 is 0.818 bits per heavy atom. The number of nitrogens with zero attached hydrogens (tertiary/aromatic N) is 2. The van der Waals surface area contributed by atoms with Crippen LogP contribution < -0.4 is 4.40 Å². The van der Waals surface area contributed by atoms with Crippen LogP contribution in [0.15, 0.2) is 103 Å². The van der Waals surface area contributed by atoms with E-state index in [0.29, 0.717) is 0 Å². The molecule has 0 N–H and O–H groups in total. The number of hydrogen-bond donors (Lipinski definition) is 0. The zero-order valence-electron chi connectivity index (χ0n) is 26.3. The maximum Gasteiger partial charge on any atom is 0 e. The van der Waals surface area contributed by atoms with Crippen molar-refractivity contribution in [1.29, 1.82) is 0 Å². The maximum atomic E-state index is 13.6. The monoisotopic (exact) mass is 836 g/mol. The summed E-state index contributed by atoms with van der Waals surface area (Å²) in [6.07, 6.45) is 3.80. The topological polar surface area (TPSA) is 25.8 Å². The van der Waals surface area contributed by atoms with Crippen LogP contribution in [0.5, 0.6) is 0 Å². The van der Waals surface area contributed by atoms with Gasteiger partial charge in [0.05, 0.1) is 0 Å². The van der Waals surface area contributed by atoms with E-state index in [1.807, 2.05) is 68.6 Å². The molecule has 0 atom stereocenters. The first kappa shape index (κ1) is 30.8. The van der Waals surface area contributed by atoms with Gasteiger partial charge in [0, 0.05) is 32.4 Å². The fourth-order valence-corrected chi connectivity index (χ4v) is 8.48. The van der Waals surface area contributed by atoms with Crippen LogP contribution >= 0.6 is 11.3 Å². The number of hydrogen-bond acceptors (Lipinski definition) is 3.